The van der Waals surface area contributed by atoms with Gasteiger partial charge in [-0.05, 0) is 73.2 Å². The lowest BCUT2D eigenvalue weighted by atomic mass is 9.90. The summed E-state index contributed by atoms with van der Waals surface area (Å²) in [6.07, 6.45) is 1.98. The van der Waals surface area contributed by atoms with Gasteiger partial charge in [0, 0.05) is 11.0 Å². The molecule has 0 fully saturated rings. The molecule has 4 rings (SSSR count). The lowest BCUT2D eigenvalue weighted by Gasteiger charge is -2.36. The van der Waals surface area contributed by atoms with Crippen LogP contribution in [0.3, 0.4) is 0 Å². The Hall–Kier alpha value is -2.15. The minimum atomic E-state index is -3.66. The van der Waals surface area contributed by atoms with E-state index < -0.39 is 10.0 Å². The monoisotopic (exact) mass is 485 g/mol. The van der Waals surface area contributed by atoms with Crippen molar-refractivity contribution in [2.75, 3.05) is 6.54 Å². The Bertz CT molecular complexity index is 1160. The quantitative estimate of drug-likeness (QED) is 0.527. The van der Waals surface area contributed by atoms with E-state index in [0.717, 1.165) is 33.1 Å². The zero-order valence-electron chi connectivity index (χ0n) is 16.8. The Kier molecular flexibility index (Phi) is 6.00. The highest BCUT2D eigenvalue weighted by Crippen LogP contribution is 2.39. The van der Waals surface area contributed by atoms with Gasteiger partial charge in [-0.25, -0.2) is 8.42 Å². The summed E-state index contributed by atoms with van der Waals surface area (Å²) in [6, 6.07) is 20.0. The largest absolute Gasteiger partial charge is 0.508 e. The fourth-order valence-corrected chi connectivity index (χ4v) is 6.21. The van der Waals surface area contributed by atoms with Gasteiger partial charge in [-0.15, -0.1) is 0 Å². The van der Waals surface area contributed by atoms with Crippen LogP contribution in [-0.2, 0) is 22.9 Å². The average molecular weight is 486 g/mol. The lowest BCUT2D eigenvalue weighted by Crippen LogP contribution is -2.40. The van der Waals surface area contributed by atoms with Crippen LogP contribution in [0.5, 0.6) is 5.75 Å². The summed E-state index contributed by atoms with van der Waals surface area (Å²) < 4.78 is 29.7. The van der Waals surface area contributed by atoms with E-state index in [4.69, 9.17) is 0 Å². The molecular formula is C24H24BrNO3S. The minimum Gasteiger partial charge on any atom is -0.508 e. The van der Waals surface area contributed by atoms with Gasteiger partial charge in [0.15, 0.2) is 0 Å². The maximum atomic E-state index is 13.5. The number of fused-ring (bicyclic) bond motifs is 1. The van der Waals surface area contributed by atoms with Crippen LogP contribution in [0.2, 0.25) is 0 Å². The van der Waals surface area contributed by atoms with Gasteiger partial charge >= 0.3 is 0 Å². The zero-order chi connectivity index (χ0) is 21.3. The third-order valence-corrected chi connectivity index (χ3v) is 8.41. The van der Waals surface area contributed by atoms with Gasteiger partial charge < -0.3 is 5.11 Å². The number of aryl methyl sites for hydroxylation is 2. The Labute approximate surface area is 186 Å². The van der Waals surface area contributed by atoms with Crippen LogP contribution in [0.25, 0.3) is 0 Å². The number of nitrogens with zero attached hydrogens (tertiary/aromatic N) is 1. The molecule has 0 saturated carbocycles. The molecule has 0 amide bonds. The highest BCUT2D eigenvalue weighted by molar-refractivity contribution is 9.10. The smallest absolute Gasteiger partial charge is 0.243 e. The molecule has 1 N–H and O–H groups in total. The molecule has 1 aliphatic rings. The van der Waals surface area contributed by atoms with Gasteiger partial charge in [-0.3, -0.25) is 0 Å². The molecule has 30 heavy (non-hydrogen) atoms. The predicted octanol–water partition coefficient (Wildman–Crippen LogP) is 5.38. The number of hydrogen-bond donors (Lipinski definition) is 1. The van der Waals surface area contributed by atoms with Crippen molar-refractivity contribution in [2.45, 2.75) is 37.1 Å². The standard InChI is InChI=1S/C24H24BrNO3S/c1-17-6-11-21(12-7-17)30(28,29)26-15-14-18-8-10-20(27)16-22(18)24(26)13-9-19-4-2-3-5-23(19)25/h2-8,10-12,16,24,27H,9,13-15H2,1H3. The highest BCUT2D eigenvalue weighted by Gasteiger charge is 2.36. The second kappa shape index (κ2) is 8.53. The number of phenolic OH excluding ortho intramolecular Hbond substituents is 1. The minimum absolute atomic E-state index is 0.161. The average Bonchev–Trinajstić information content (AvgIpc) is 2.73. The fraction of sp³-hybridized carbons (Fsp3) is 0.250. The number of sulfonamides is 1. The van der Waals surface area contributed by atoms with Gasteiger partial charge in [0.1, 0.15) is 5.75 Å². The van der Waals surface area contributed by atoms with Crippen LogP contribution in [0.4, 0.5) is 0 Å². The molecule has 1 aliphatic heterocycles. The van der Waals surface area contributed by atoms with Gasteiger partial charge in [0.2, 0.25) is 10.0 Å². The molecule has 156 valence electrons. The Morgan fingerprint density at radius 1 is 1.07 bits per heavy atom. The Morgan fingerprint density at radius 2 is 1.80 bits per heavy atom. The van der Waals surface area contributed by atoms with Crippen molar-refractivity contribution in [3.63, 3.8) is 0 Å². The van der Waals surface area contributed by atoms with Crippen molar-refractivity contribution in [3.05, 3.63) is 93.5 Å². The second-order valence-electron chi connectivity index (χ2n) is 7.71. The Balaban J connectivity index is 1.73. The van der Waals surface area contributed by atoms with E-state index in [0.29, 0.717) is 24.3 Å². The van der Waals surface area contributed by atoms with E-state index in [2.05, 4.69) is 22.0 Å². The number of halogens is 1. The number of hydrogen-bond acceptors (Lipinski definition) is 3. The molecule has 3 aromatic carbocycles. The number of rotatable bonds is 5. The molecular weight excluding hydrogens is 462 g/mol. The topological polar surface area (TPSA) is 57.6 Å². The third kappa shape index (κ3) is 4.17. The molecule has 6 heteroatoms. The first-order valence-electron chi connectivity index (χ1n) is 10.00. The molecule has 4 nitrogen and oxygen atoms in total. The molecule has 3 aromatic rings. The van der Waals surface area contributed by atoms with E-state index in [1.807, 2.05) is 43.3 Å². The molecule has 0 spiro atoms. The lowest BCUT2D eigenvalue weighted by molar-refractivity contribution is 0.292. The third-order valence-electron chi connectivity index (χ3n) is 5.71. The number of aromatic hydroxyl groups is 1. The summed E-state index contributed by atoms with van der Waals surface area (Å²) in [5.74, 6) is 0.161. The van der Waals surface area contributed by atoms with Crippen molar-refractivity contribution in [3.8, 4) is 5.75 Å². The maximum Gasteiger partial charge on any atom is 0.243 e. The first kappa shape index (κ1) is 21.1. The maximum absolute atomic E-state index is 13.5. The van der Waals surface area contributed by atoms with E-state index >= 15 is 0 Å². The first-order valence-corrected chi connectivity index (χ1v) is 12.2. The van der Waals surface area contributed by atoms with E-state index in [1.165, 1.54) is 0 Å². The van der Waals surface area contributed by atoms with Gasteiger partial charge in [-0.2, -0.15) is 4.31 Å². The zero-order valence-corrected chi connectivity index (χ0v) is 19.2. The van der Waals surface area contributed by atoms with Crippen LogP contribution in [0, 0.1) is 6.92 Å². The van der Waals surface area contributed by atoms with E-state index in [1.54, 1.807) is 28.6 Å². The Morgan fingerprint density at radius 3 is 2.53 bits per heavy atom. The summed E-state index contributed by atoms with van der Waals surface area (Å²) in [4.78, 5) is 0.308. The molecule has 1 heterocycles. The molecule has 0 radical (unpaired) electrons. The van der Waals surface area contributed by atoms with Gasteiger partial charge in [-0.1, -0.05) is 57.9 Å². The summed E-state index contributed by atoms with van der Waals surface area (Å²) in [5.41, 5.74) is 4.15. The van der Waals surface area contributed by atoms with Crippen LogP contribution in [0.15, 0.2) is 76.1 Å². The molecule has 0 saturated heterocycles. The highest BCUT2D eigenvalue weighted by atomic mass is 79.9. The summed E-state index contributed by atoms with van der Waals surface area (Å²) in [5, 5.41) is 10.1. The van der Waals surface area contributed by atoms with Crippen molar-refractivity contribution >= 4 is 26.0 Å². The molecule has 0 bridgehead atoms. The summed E-state index contributed by atoms with van der Waals surface area (Å²) in [7, 11) is -3.66. The number of phenols is 1. The van der Waals surface area contributed by atoms with Gasteiger partial charge in [0.05, 0.1) is 10.9 Å². The van der Waals surface area contributed by atoms with E-state index in [9.17, 15) is 13.5 Å². The molecule has 0 aromatic heterocycles. The summed E-state index contributed by atoms with van der Waals surface area (Å²) in [6.45, 7) is 2.37. The fourth-order valence-electron chi connectivity index (χ4n) is 4.09. The summed E-state index contributed by atoms with van der Waals surface area (Å²) >= 11 is 3.59. The van der Waals surface area contributed by atoms with Crippen molar-refractivity contribution in [1.82, 2.24) is 4.31 Å². The number of benzene rings is 3. The SMILES string of the molecule is Cc1ccc(S(=O)(=O)N2CCc3ccc(O)cc3C2CCc2ccccc2Br)cc1. The van der Waals surface area contributed by atoms with Crippen molar-refractivity contribution in [1.29, 1.82) is 0 Å². The van der Waals surface area contributed by atoms with Crippen LogP contribution in [0.1, 0.15) is 34.7 Å². The normalized spacial score (nSPS) is 16.9. The van der Waals surface area contributed by atoms with E-state index in [-0.39, 0.29) is 11.8 Å². The van der Waals surface area contributed by atoms with Crippen LogP contribution in [-0.4, -0.2) is 24.4 Å². The molecule has 1 unspecified atom stereocenters. The predicted molar refractivity (Wildman–Crippen MR) is 122 cm³/mol. The van der Waals surface area contributed by atoms with Crippen molar-refractivity contribution in [2.24, 2.45) is 0 Å². The molecule has 1 atom stereocenters. The van der Waals surface area contributed by atoms with Crippen LogP contribution >= 0.6 is 15.9 Å². The van der Waals surface area contributed by atoms with Gasteiger partial charge in [0.25, 0.3) is 0 Å². The first-order chi connectivity index (χ1) is 14.4. The van der Waals surface area contributed by atoms with Crippen molar-refractivity contribution < 1.29 is 13.5 Å². The second-order valence-corrected chi connectivity index (χ2v) is 10.5. The molecule has 0 aliphatic carbocycles. The van der Waals surface area contributed by atoms with Crippen LogP contribution < -0.4 is 0 Å².